The Morgan fingerprint density at radius 3 is 2.82 bits per heavy atom. The summed E-state index contributed by atoms with van der Waals surface area (Å²) < 4.78 is 4.64. The van der Waals surface area contributed by atoms with Crippen LogP contribution in [0.5, 0.6) is 0 Å². The highest BCUT2D eigenvalue weighted by molar-refractivity contribution is 5.97. The Hall–Kier alpha value is -0.830. The summed E-state index contributed by atoms with van der Waals surface area (Å²) in [6.07, 6.45) is 2.00. The SMILES string of the molecule is COCC([O-])=C1CCCC1=O. The number of ketones is 1. The number of carbonyl (C=O) groups is 1. The lowest BCUT2D eigenvalue weighted by Crippen LogP contribution is -2.15. The van der Waals surface area contributed by atoms with Crippen LogP contribution >= 0.6 is 0 Å². The maximum atomic E-state index is 11.1. The van der Waals surface area contributed by atoms with Crippen LogP contribution in [-0.4, -0.2) is 19.5 Å². The van der Waals surface area contributed by atoms with Crippen LogP contribution in [-0.2, 0) is 9.53 Å². The Morgan fingerprint density at radius 2 is 2.36 bits per heavy atom. The van der Waals surface area contributed by atoms with E-state index in [4.69, 9.17) is 0 Å². The average molecular weight is 155 g/mol. The summed E-state index contributed by atoms with van der Waals surface area (Å²) in [5.41, 5.74) is 0.451. The average Bonchev–Trinajstić information content (AvgIpc) is 2.36. The van der Waals surface area contributed by atoms with Crippen LogP contribution in [0.3, 0.4) is 0 Å². The minimum Gasteiger partial charge on any atom is -0.874 e. The van der Waals surface area contributed by atoms with Gasteiger partial charge in [0.05, 0.1) is 6.61 Å². The van der Waals surface area contributed by atoms with Crippen molar-refractivity contribution in [2.75, 3.05) is 13.7 Å². The highest BCUT2D eigenvalue weighted by atomic mass is 16.5. The van der Waals surface area contributed by atoms with Gasteiger partial charge in [-0.25, -0.2) is 0 Å². The Balaban J connectivity index is 2.68. The first-order chi connectivity index (χ1) is 5.25. The van der Waals surface area contributed by atoms with Gasteiger partial charge in [0, 0.05) is 13.5 Å². The second-order valence-corrected chi connectivity index (χ2v) is 2.61. The molecule has 0 N–H and O–H groups in total. The lowest BCUT2D eigenvalue weighted by molar-refractivity contribution is -0.312. The summed E-state index contributed by atoms with van der Waals surface area (Å²) in [7, 11) is 1.46. The number of hydrogen-bond donors (Lipinski definition) is 0. The van der Waals surface area contributed by atoms with Gasteiger partial charge < -0.3 is 9.84 Å². The zero-order chi connectivity index (χ0) is 8.27. The number of methoxy groups -OCH3 is 1. The largest absolute Gasteiger partial charge is 0.874 e. The van der Waals surface area contributed by atoms with E-state index in [9.17, 15) is 9.90 Å². The van der Waals surface area contributed by atoms with Gasteiger partial charge >= 0.3 is 0 Å². The van der Waals surface area contributed by atoms with E-state index < -0.39 is 0 Å². The third-order valence-electron chi connectivity index (χ3n) is 1.78. The molecule has 0 aromatic heterocycles. The minimum absolute atomic E-state index is 0.00653. The van der Waals surface area contributed by atoms with Gasteiger partial charge in [-0.2, -0.15) is 0 Å². The molecule has 0 radical (unpaired) electrons. The van der Waals surface area contributed by atoms with Gasteiger partial charge in [-0.3, -0.25) is 4.79 Å². The molecule has 0 heterocycles. The van der Waals surface area contributed by atoms with Crippen LogP contribution in [0.15, 0.2) is 11.3 Å². The van der Waals surface area contributed by atoms with Crippen molar-refractivity contribution in [1.29, 1.82) is 0 Å². The van der Waals surface area contributed by atoms with E-state index in [1.165, 1.54) is 7.11 Å². The number of ether oxygens (including phenoxy) is 1. The van der Waals surface area contributed by atoms with Crippen LogP contribution < -0.4 is 5.11 Å². The van der Waals surface area contributed by atoms with Gasteiger partial charge in [0.25, 0.3) is 0 Å². The molecule has 1 aliphatic carbocycles. The number of hydrogen-bond acceptors (Lipinski definition) is 3. The van der Waals surface area contributed by atoms with Crippen LogP contribution in [0.1, 0.15) is 19.3 Å². The molecule has 0 spiro atoms. The predicted molar refractivity (Wildman–Crippen MR) is 37.8 cm³/mol. The normalized spacial score (nSPS) is 22.5. The molecular formula is C8H11O3-. The number of carbonyl (C=O) groups excluding carboxylic acids is 1. The Morgan fingerprint density at radius 1 is 1.64 bits per heavy atom. The highest BCUT2D eigenvalue weighted by Gasteiger charge is 2.16. The number of rotatable bonds is 2. The van der Waals surface area contributed by atoms with E-state index >= 15 is 0 Å². The molecule has 1 saturated carbocycles. The molecule has 1 rings (SSSR count). The van der Waals surface area contributed by atoms with Gasteiger partial charge in [0.15, 0.2) is 5.78 Å². The van der Waals surface area contributed by atoms with Gasteiger partial charge in [-0.05, 0) is 18.4 Å². The van der Waals surface area contributed by atoms with E-state index in [0.29, 0.717) is 18.4 Å². The van der Waals surface area contributed by atoms with Gasteiger partial charge in [0.1, 0.15) is 0 Å². The fourth-order valence-electron chi connectivity index (χ4n) is 1.23. The van der Waals surface area contributed by atoms with Crippen molar-refractivity contribution in [2.24, 2.45) is 0 Å². The molecule has 3 heteroatoms. The van der Waals surface area contributed by atoms with Crippen molar-refractivity contribution >= 4 is 5.78 Å². The van der Waals surface area contributed by atoms with E-state index in [0.717, 1.165) is 6.42 Å². The summed E-state index contributed by atoms with van der Waals surface area (Å²) in [5, 5.41) is 11.1. The first-order valence-corrected chi connectivity index (χ1v) is 3.67. The zero-order valence-corrected chi connectivity index (χ0v) is 6.55. The van der Waals surface area contributed by atoms with Crippen LogP contribution in [0.25, 0.3) is 0 Å². The van der Waals surface area contributed by atoms with Gasteiger partial charge in [-0.1, -0.05) is 5.76 Å². The molecular weight excluding hydrogens is 144 g/mol. The molecule has 0 aromatic rings. The molecule has 3 nitrogen and oxygen atoms in total. The van der Waals surface area contributed by atoms with Gasteiger partial charge in [0.2, 0.25) is 0 Å². The molecule has 0 unspecified atom stereocenters. The molecule has 0 bridgehead atoms. The maximum absolute atomic E-state index is 11.1. The van der Waals surface area contributed by atoms with Crippen molar-refractivity contribution in [2.45, 2.75) is 19.3 Å². The fraction of sp³-hybridized carbons (Fsp3) is 0.625. The summed E-state index contributed by atoms with van der Waals surface area (Å²) in [4.78, 5) is 11.0. The summed E-state index contributed by atoms with van der Waals surface area (Å²) in [6.45, 7) is 0.0427. The molecule has 11 heavy (non-hydrogen) atoms. The van der Waals surface area contributed by atoms with Crippen LogP contribution in [0.4, 0.5) is 0 Å². The molecule has 0 saturated heterocycles. The third kappa shape index (κ3) is 1.80. The number of Topliss-reactive ketones (excluding diaryl/α,β-unsaturated/α-hetero) is 1. The zero-order valence-electron chi connectivity index (χ0n) is 6.55. The molecule has 0 aliphatic heterocycles. The molecule has 0 amide bonds. The Labute approximate surface area is 65.7 Å². The van der Waals surface area contributed by atoms with Crippen LogP contribution in [0.2, 0.25) is 0 Å². The van der Waals surface area contributed by atoms with E-state index in [1.807, 2.05) is 0 Å². The van der Waals surface area contributed by atoms with Crippen LogP contribution in [0, 0.1) is 0 Å². The quantitative estimate of drug-likeness (QED) is 0.416. The summed E-state index contributed by atoms with van der Waals surface area (Å²) >= 11 is 0. The van der Waals surface area contributed by atoms with Gasteiger partial charge in [-0.15, -0.1) is 0 Å². The lowest BCUT2D eigenvalue weighted by Gasteiger charge is -2.13. The minimum atomic E-state index is -0.144. The smallest absolute Gasteiger partial charge is 0.158 e. The Kier molecular flexibility index (Phi) is 2.65. The molecule has 1 aliphatic rings. The monoisotopic (exact) mass is 155 g/mol. The Bertz CT molecular complexity index is 194. The van der Waals surface area contributed by atoms with E-state index in [-0.39, 0.29) is 18.1 Å². The lowest BCUT2D eigenvalue weighted by atomic mass is 10.2. The van der Waals surface area contributed by atoms with Crippen molar-refractivity contribution < 1.29 is 14.6 Å². The van der Waals surface area contributed by atoms with E-state index in [2.05, 4.69) is 4.74 Å². The molecule has 0 aromatic carbocycles. The van der Waals surface area contributed by atoms with E-state index in [1.54, 1.807) is 0 Å². The first-order valence-electron chi connectivity index (χ1n) is 3.67. The van der Waals surface area contributed by atoms with Crippen molar-refractivity contribution in [3.05, 3.63) is 11.3 Å². The van der Waals surface area contributed by atoms with Crippen molar-refractivity contribution in [3.63, 3.8) is 0 Å². The van der Waals surface area contributed by atoms with Crippen molar-refractivity contribution in [1.82, 2.24) is 0 Å². The number of allylic oxidation sites excluding steroid dienone is 1. The standard InChI is InChI=1S/C8H12O3/c1-11-5-8(10)6-3-2-4-7(6)9/h10H,2-5H2,1H3/p-1. The third-order valence-corrected chi connectivity index (χ3v) is 1.78. The molecule has 1 fully saturated rings. The fourth-order valence-corrected chi connectivity index (χ4v) is 1.23. The first kappa shape index (κ1) is 8.27. The second kappa shape index (κ2) is 3.53. The second-order valence-electron chi connectivity index (χ2n) is 2.61. The summed E-state index contributed by atoms with van der Waals surface area (Å²) in [6, 6.07) is 0. The topological polar surface area (TPSA) is 49.4 Å². The van der Waals surface area contributed by atoms with Crippen molar-refractivity contribution in [3.8, 4) is 0 Å². The molecule has 0 atom stereocenters. The maximum Gasteiger partial charge on any atom is 0.158 e. The summed E-state index contributed by atoms with van der Waals surface area (Å²) in [5.74, 6) is -0.137. The predicted octanol–water partition coefficient (Wildman–Crippen LogP) is 0.000200. The molecule has 62 valence electrons. The highest BCUT2D eigenvalue weighted by Crippen LogP contribution is 2.21.